The average Bonchev–Trinajstić information content (AvgIpc) is 2.72. The summed E-state index contributed by atoms with van der Waals surface area (Å²) >= 11 is 0. The number of methoxy groups -OCH3 is 1. The second kappa shape index (κ2) is 6.98. The van der Waals surface area contributed by atoms with Crippen molar-refractivity contribution in [2.24, 2.45) is 23.2 Å². The van der Waals surface area contributed by atoms with Crippen LogP contribution < -0.4 is 9.47 Å². The number of hydrogen-bond acceptors (Lipinski definition) is 4. The topological polar surface area (TPSA) is 55.8 Å². The summed E-state index contributed by atoms with van der Waals surface area (Å²) in [6, 6.07) is 5.43. The molecule has 31 heavy (non-hydrogen) atoms. The lowest BCUT2D eigenvalue weighted by atomic mass is 9.49. The number of piperidine rings is 1. The molecule has 1 saturated heterocycles. The van der Waals surface area contributed by atoms with E-state index in [1.165, 1.54) is 38.5 Å². The number of benzene rings is 1. The fraction of sp³-hybridized carbons (Fsp3) is 0.692. The number of ketones is 1. The Morgan fingerprint density at radius 3 is 2.35 bits per heavy atom. The van der Waals surface area contributed by atoms with Gasteiger partial charge in [0.05, 0.1) is 19.1 Å². The third-order valence-corrected chi connectivity index (χ3v) is 9.02. The lowest BCUT2D eigenvalue weighted by Crippen LogP contribution is -2.53. The zero-order valence-electron chi connectivity index (χ0n) is 18.5. The number of likely N-dealkylation sites (tertiary alicyclic amines) is 1. The van der Waals surface area contributed by atoms with Gasteiger partial charge >= 0.3 is 0 Å². The molecule has 5 heteroatoms. The van der Waals surface area contributed by atoms with Crippen LogP contribution in [0.2, 0.25) is 0 Å². The predicted molar refractivity (Wildman–Crippen MR) is 116 cm³/mol. The van der Waals surface area contributed by atoms with E-state index in [4.69, 9.17) is 9.47 Å². The lowest BCUT2D eigenvalue weighted by molar-refractivity contribution is -0.142. The van der Waals surface area contributed by atoms with Crippen LogP contribution >= 0.6 is 0 Å². The molecular weight excluding hydrogens is 390 g/mol. The predicted octanol–water partition coefficient (Wildman–Crippen LogP) is 4.63. The third-order valence-electron chi connectivity index (χ3n) is 9.02. The summed E-state index contributed by atoms with van der Waals surface area (Å²) in [6.45, 7) is 1.38. The Kier molecular flexibility index (Phi) is 4.42. The maximum atomic E-state index is 13.3. The lowest BCUT2D eigenvalue weighted by Gasteiger charge is -2.57. The van der Waals surface area contributed by atoms with E-state index in [0.29, 0.717) is 42.5 Å². The molecule has 1 spiro atoms. The second-order valence-electron chi connectivity index (χ2n) is 11.2. The average molecular weight is 424 g/mol. The highest BCUT2D eigenvalue weighted by Gasteiger charge is 2.52. The van der Waals surface area contributed by atoms with Crippen molar-refractivity contribution in [3.63, 3.8) is 0 Å². The fourth-order valence-electron chi connectivity index (χ4n) is 7.98. The van der Waals surface area contributed by atoms with Crippen LogP contribution in [-0.2, 0) is 4.79 Å². The van der Waals surface area contributed by atoms with Crippen molar-refractivity contribution in [1.29, 1.82) is 0 Å². The Labute approximate surface area is 184 Å². The van der Waals surface area contributed by atoms with Crippen molar-refractivity contribution in [2.75, 3.05) is 20.2 Å². The molecule has 2 aliphatic heterocycles. The van der Waals surface area contributed by atoms with Crippen LogP contribution in [0.4, 0.5) is 0 Å². The van der Waals surface area contributed by atoms with Crippen molar-refractivity contribution in [1.82, 2.24) is 4.90 Å². The van der Waals surface area contributed by atoms with E-state index in [0.717, 1.165) is 37.0 Å². The molecule has 0 radical (unpaired) electrons. The van der Waals surface area contributed by atoms with Gasteiger partial charge in [-0.05, 0) is 73.8 Å². The van der Waals surface area contributed by atoms with Gasteiger partial charge in [-0.15, -0.1) is 0 Å². The molecule has 1 aromatic rings. The molecule has 0 N–H and O–H groups in total. The van der Waals surface area contributed by atoms with E-state index in [9.17, 15) is 9.59 Å². The van der Waals surface area contributed by atoms with E-state index >= 15 is 0 Å². The van der Waals surface area contributed by atoms with E-state index in [1.54, 1.807) is 13.2 Å². The van der Waals surface area contributed by atoms with Gasteiger partial charge in [-0.25, -0.2) is 0 Å². The molecule has 5 fully saturated rings. The number of amides is 1. The fourth-order valence-corrected chi connectivity index (χ4v) is 7.98. The summed E-state index contributed by atoms with van der Waals surface area (Å²) < 4.78 is 11.7. The zero-order chi connectivity index (χ0) is 21.2. The van der Waals surface area contributed by atoms with Gasteiger partial charge in [-0.1, -0.05) is 0 Å². The Morgan fingerprint density at radius 2 is 1.74 bits per heavy atom. The van der Waals surface area contributed by atoms with Crippen molar-refractivity contribution in [3.8, 4) is 11.5 Å². The number of hydrogen-bond donors (Lipinski definition) is 0. The largest absolute Gasteiger partial charge is 0.497 e. The van der Waals surface area contributed by atoms with Gasteiger partial charge in [0.15, 0.2) is 5.78 Å². The zero-order valence-corrected chi connectivity index (χ0v) is 18.5. The maximum absolute atomic E-state index is 13.3. The monoisotopic (exact) mass is 423 g/mol. The minimum Gasteiger partial charge on any atom is -0.497 e. The number of fused-ring (bicyclic) bond motifs is 1. The van der Waals surface area contributed by atoms with Crippen molar-refractivity contribution in [3.05, 3.63) is 23.8 Å². The molecule has 4 bridgehead atoms. The molecule has 6 aliphatic rings. The van der Waals surface area contributed by atoms with Crippen LogP contribution in [0.1, 0.15) is 74.6 Å². The molecule has 0 unspecified atom stereocenters. The second-order valence-corrected chi connectivity index (χ2v) is 11.2. The molecule has 1 amide bonds. The summed E-state index contributed by atoms with van der Waals surface area (Å²) in [5.74, 6) is 4.43. The Hall–Kier alpha value is -2.04. The van der Waals surface area contributed by atoms with Gasteiger partial charge in [-0.2, -0.15) is 0 Å². The normalized spacial score (nSPS) is 35.1. The Bertz CT molecular complexity index is 879. The van der Waals surface area contributed by atoms with Gasteiger partial charge in [0.1, 0.15) is 17.1 Å². The van der Waals surface area contributed by atoms with E-state index in [-0.39, 0.29) is 11.2 Å². The highest BCUT2D eigenvalue weighted by Crippen LogP contribution is 2.61. The highest BCUT2D eigenvalue weighted by molar-refractivity contribution is 6.00. The van der Waals surface area contributed by atoms with E-state index < -0.39 is 5.60 Å². The minimum absolute atomic E-state index is 0.136. The van der Waals surface area contributed by atoms with Crippen LogP contribution in [-0.4, -0.2) is 42.4 Å². The summed E-state index contributed by atoms with van der Waals surface area (Å²) in [4.78, 5) is 28.1. The van der Waals surface area contributed by atoms with Gasteiger partial charge in [0.2, 0.25) is 5.91 Å². The molecule has 5 nitrogen and oxygen atoms in total. The standard InChI is InChI=1S/C26H33NO4/c1-30-20-2-3-21-22(28)15-26(31-23(21)11-20)4-6-27(7-5-26)24(29)16-25-12-17-8-18(13-25)10-19(9-17)14-25/h2-3,11,17-19H,4-10,12-16H2,1H3. The molecule has 7 rings (SSSR count). The van der Waals surface area contributed by atoms with Gasteiger partial charge in [-0.3, -0.25) is 9.59 Å². The van der Waals surface area contributed by atoms with Crippen LogP contribution in [0.15, 0.2) is 18.2 Å². The van der Waals surface area contributed by atoms with Crippen LogP contribution in [0.5, 0.6) is 11.5 Å². The first-order chi connectivity index (χ1) is 14.9. The highest BCUT2D eigenvalue weighted by atomic mass is 16.5. The molecular formula is C26H33NO4. The molecule has 4 saturated carbocycles. The number of rotatable bonds is 3. The van der Waals surface area contributed by atoms with Crippen LogP contribution in [0, 0.1) is 23.2 Å². The van der Waals surface area contributed by atoms with Crippen molar-refractivity contribution >= 4 is 11.7 Å². The SMILES string of the molecule is COc1ccc2c(c1)OC1(CCN(C(=O)CC34CC5CC(CC(C5)C3)C4)CC1)CC2=O. The first kappa shape index (κ1) is 19.6. The Morgan fingerprint density at radius 1 is 1.10 bits per heavy atom. The molecule has 2 heterocycles. The van der Waals surface area contributed by atoms with Crippen molar-refractivity contribution in [2.45, 2.75) is 69.8 Å². The molecule has 1 aromatic carbocycles. The van der Waals surface area contributed by atoms with Gasteiger partial charge in [0, 0.05) is 38.4 Å². The molecule has 4 aliphatic carbocycles. The third kappa shape index (κ3) is 3.35. The van der Waals surface area contributed by atoms with Gasteiger partial charge in [0.25, 0.3) is 0 Å². The summed E-state index contributed by atoms with van der Waals surface area (Å²) in [5.41, 5.74) is 0.452. The Balaban J connectivity index is 1.12. The first-order valence-corrected chi connectivity index (χ1v) is 12.1. The van der Waals surface area contributed by atoms with E-state index in [1.807, 2.05) is 12.1 Å². The van der Waals surface area contributed by atoms with Crippen LogP contribution in [0.3, 0.4) is 0 Å². The van der Waals surface area contributed by atoms with E-state index in [2.05, 4.69) is 4.90 Å². The minimum atomic E-state index is -0.478. The maximum Gasteiger partial charge on any atom is 0.223 e. The number of nitrogens with zero attached hydrogens (tertiary/aromatic N) is 1. The van der Waals surface area contributed by atoms with Crippen molar-refractivity contribution < 1.29 is 19.1 Å². The smallest absolute Gasteiger partial charge is 0.223 e. The van der Waals surface area contributed by atoms with Crippen LogP contribution in [0.25, 0.3) is 0 Å². The quantitative estimate of drug-likeness (QED) is 0.711. The van der Waals surface area contributed by atoms with Gasteiger partial charge < -0.3 is 14.4 Å². The number of ether oxygens (including phenoxy) is 2. The number of Topliss-reactive ketones (excluding diaryl/α,β-unsaturated/α-hetero) is 1. The summed E-state index contributed by atoms with van der Waals surface area (Å²) in [7, 11) is 1.62. The molecule has 0 atom stereocenters. The summed E-state index contributed by atoms with van der Waals surface area (Å²) in [5, 5.41) is 0. The first-order valence-electron chi connectivity index (χ1n) is 12.1. The number of carbonyl (C=O) groups is 2. The molecule has 166 valence electrons. The summed E-state index contributed by atoms with van der Waals surface area (Å²) in [6.07, 6.45) is 10.7. The number of carbonyl (C=O) groups excluding carboxylic acids is 2. The molecule has 0 aromatic heterocycles.